The number of halogens is 2. The number of hydrogen-bond donors (Lipinski definition) is 1. The van der Waals surface area contributed by atoms with Gasteiger partial charge in [0.25, 0.3) is 11.2 Å². The van der Waals surface area contributed by atoms with E-state index < -0.39 is 28.9 Å². The fourth-order valence-electron chi connectivity index (χ4n) is 2.79. The highest BCUT2D eigenvalue weighted by Crippen LogP contribution is 2.36. The molecule has 0 aliphatic carbocycles. The lowest BCUT2D eigenvalue weighted by molar-refractivity contribution is -0.385. The number of H-pyrrole nitrogens is 1. The van der Waals surface area contributed by atoms with Crippen molar-refractivity contribution in [2.24, 2.45) is 0 Å². The number of nitro benzene ring substituents is 1. The van der Waals surface area contributed by atoms with Crippen molar-refractivity contribution in [1.29, 1.82) is 0 Å². The molecule has 2 aromatic heterocycles. The molecule has 0 fully saturated rings. The van der Waals surface area contributed by atoms with Crippen LogP contribution in [-0.2, 0) is 11.3 Å². The van der Waals surface area contributed by atoms with Crippen LogP contribution >= 0.6 is 11.3 Å². The van der Waals surface area contributed by atoms with Crippen LogP contribution in [0.1, 0.15) is 11.4 Å². The zero-order valence-corrected chi connectivity index (χ0v) is 17.5. The van der Waals surface area contributed by atoms with Crippen LogP contribution in [0.4, 0.5) is 14.5 Å². The number of rotatable bonds is 8. The molecule has 168 valence electrons. The van der Waals surface area contributed by atoms with Crippen molar-refractivity contribution in [3.8, 4) is 11.5 Å². The molecule has 10 nitrogen and oxygen atoms in total. The summed E-state index contributed by atoms with van der Waals surface area (Å²) in [5, 5.41) is 13.1. The predicted octanol–water partition coefficient (Wildman–Crippen LogP) is 3.17. The number of nitro groups is 1. The maximum absolute atomic E-state index is 12.5. The van der Waals surface area contributed by atoms with E-state index in [1.165, 1.54) is 30.4 Å². The fourth-order valence-corrected chi connectivity index (χ4v) is 3.52. The standard InChI is InChI=1S/C19H16F2N4O6S/c1-24(9-15-22-11-5-6-32-17(11)18(27)23-15)16(26)4-3-10-7-13(30-2)14(31-19(20)21)8-12(10)25(28)29/h3-8,19H,9H2,1-2H3,(H,22,23,27)/b4-3+. The van der Waals surface area contributed by atoms with Gasteiger partial charge in [0.1, 0.15) is 10.5 Å². The topological polar surface area (TPSA) is 128 Å². The lowest BCUT2D eigenvalue weighted by Crippen LogP contribution is -2.26. The molecule has 2 heterocycles. The molecule has 0 aliphatic heterocycles. The van der Waals surface area contributed by atoms with E-state index in [4.69, 9.17) is 4.74 Å². The highest BCUT2D eigenvalue weighted by molar-refractivity contribution is 7.17. The van der Waals surface area contributed by atoms with E-state index in [1.54, 1.807) is 11.4 Å². The van der Waals surface area contributed by atoms with E-state index in [-0.39, 0.29) is 29.2 Å². The Morgan fingerprint density at radius 2 is 2.16 bits per heavy atom. The quantitative estimate of drug-likeness (QED) is 0.307. The van der Waals surface area contributed by atoms with Gasteiger partial charge in [-0.15, -0.1) is 11.3 Å². The Labute approximate surface area is 182 Å². The minimum Gasteiger partial charge on any atom is -0.493 e. The number of benzene rings is 1. The second-order valence-electron chi connectivity index (χ2n) is 6.37. The molecule has 0 bridgehead atoms. The number of aromatic nitrogens is 2. The van der Waals surface area contributed by atoms with Crippen molar-refractivity contribution in [2.45, 2.75) is 13.2 Å². The lowest BCUT2D eigenvalue weighted by atomic mass is 10.1. The van der Waals surface area contributed by atoms with Crippen molar-refractivity contribution >= 4 is 39.2 Å². The molecule has 3 rings (SSSR count). The summed E-state index contributed by atoms with van der Waals surface area (Å²) < 4.78 is 34.8. The molecule has 0 unspecified atom stereocenters. The van der Waals surface area contributed by atoms with Crippen LogP contribution in [0.5, 0.6) is 11.5 Å². The van der Waals surface area contributed by atoms with Crippen molar-refractivity contribution in [3.05, 3.63) is 61.5 Å². The average Bonchev–Trinajstić information content (AvgIpc) is 3.20. The zero-order valence-electron chi connectivity index (χ0n) is 16.7. The van der Waals surface area contributed by atoms with Crippen LogP contribution < -0.4 is 15.0 Å². The molecule has 0 spiro atoms. The van der Waals surface area contributed by atoms with Crippen LogP contribution in [0.2, 0.25) is 0 Å². The largest absolute Gasteiger partial charge is 0.493 e. The molecule has 0 saturated heterocycles. The van der Waals surface area contributed by atoms with E-state index in [0.29, 0.717) is 10.2 Å². The van der Waals surface area contributed by atoms with Crippen LogP contribution in [0, 0.1) is 10.1 Å². The van der Waals surface area contributed by atoms with Crippen LogP contribution in [-0.4, -0.2) is 46.5 Å². The molecule has 0 aliphatic rings. The molecule has 0 radical (unpaired) electrons. The summed E-state index contributed by atoms with van der Waals surface area (Å²) >= 11 is 1.25. The molecule has 32 heavy (non-hydrogen) atoms. The molecule has 0 saturated carbocycles. The minimum atomic E-state index is -3.20. The maximum atomic E-state index is 12.5. The van der Waals surface area contributed by atoms with Gasteiger partial charge in [-0.05, 0) is 23.6 Å². The number of methoxy groups -OCH3 is 1. The SMILES string of the molecule is COc1cc(/C=C/C(=O)N(C)Cc2nc3ccsc3c(=O)[nH]2)c([N+](=O)[O-])cc1OC(F)F. The van der Waals surface area contributed by atoms with Gasteiger partial charge < -0.3 is 19.4 Å². The highest BCUT2D eigenvalue weighted by Gasteiger charge is 2.21. The van der Waals surface area contributed by atoms with E-state index in [2.05, 4.69) is 14.7 Å². The lowest BCUT2D eigenvalue weighted by Gasteiger charge is -2.14. The van der Waals surface area contributed by atoms with Crippen molar-refractivity contribution in [3.63, 3.8) is 0 Å². The normalized spacial score (nSPS) is 11.3. The molecule has 0 atom stereocenters. The van der Waals surface area contributed by atoms with Crippen LogP contribution in [0.25, 0.3) is 16.3 Å². The number of thiophene rings is 1. The summed E-state index contributed by atoms with van der Waals surface area (Å²) in [6, 6.07) is 3.60. The number of ether oxygens (including phenoxy) is 2. The third-order valence-electron chi connectivity index (χ3n) is 4.26. The zero-order chi connectivity index (χ0) is 23.4. The third kappa shape index (κ3) is 5.06. The van der Waals surface area contributed by atoms with Crippen LogP contribution in [0.15, 0.2) is 34.4 Å². The van der Waals surface area contributed by atoms with Gasteiger partial charge in [-0.3, -0.25) is 19.7 Å². The van der Waals surface area contributed by atoms with Gasteiger partial charge in [0.2, 0.25) is 5.91 Å². The Bertz CT molecular complexity index is 1260. The Hall–Kier alpha value is -3.87. The number of nitrogens with zero attached hydrogens (tertiary/aromatic N) is 3. The van der Waals surface area contributed by atoms with Gasteiger partial charge in [0, 0.05) is 13.1 Å². The van der Waals surface area contributed by atoms with Crippen LogP contribution in [0.3, 0.4) is 0 Å². The number of carbonyl (C=O) groups is 1. The number of fused-ring (bicyclic) bond motifs is 1. The molecule has 1 aromatic carbocycles. The number of nitrogens with one attached hydrogen (secondary N) is 1. The maximum Gasteiger partial charge on any atom is 0.387 e. The summed E-state index contributed by atoms with van der Waals surface area (Å²) in [5.41, 5.74) is -0.410. The van der Waals surface area contributed by atoms with Crippen molar-refractivity contribution in [2.75, 3.05) is 14.2 Å². The van der Waals surface area contributed by atoms with E-state index in [9.17, 15) is 28.5 Å². The number of carbonyl (C=O) groups excluding carboxylic acids is 1. The first-order valence-corrected chi connectivity index (χ1v) is 9.78. The first-order valence-electron chi connectivity index (χ1n) is 8.90. The Morgan fingerprint density at radius 3 is 2.81 bits per heavy atom. The Morgan fingerprint density at radius 1 is 1.41 bits per heavy atom. The number of aromatic amines is 1. The van der Waals surface area contributed by atoms with Crippen molar-refractivity contribution in [1.82, 2.24) is 14.9 Å². The van der Waals surface area contributed by atoms with Crippen molar-refractivity contribution < 1.29 is 28.0 Å². The van der Waals surface area contributed by atoms with Gasteiger partial charge in [-0.2, -0.15) is 8.78 Å². The Balaban J connectivity index is 1.82. The molecule has 1 N–H and O–H groups in total. The Kier molecular flexibility index (Phi) is 6.78. The number of alkyl halides is 2. The number of hydrogen-bond acceptors (Lipinski definition) is 8. The monoisotopic (exact) mass is 466 g/mol. The van der Waals surface area contributed by atoms with Gasteiger partial charge in [-0.1, -0.05) is 0 Å². The predicted molar refractivity (Wildman–Crippen MR) is 112 cm³/mol. The average molecular weight is 466 g/mol. The van der Waals surface area contributed by atoms with Gasteiger partial charge in [-0.25, -0.2) is 4.98 Å². The van der Waals surface area contributed by atoms with E-state index in [1.807, 2.05) is 0 Å². The third-order valence-corrected chi connectivity index (χ3v) is 5.16. The number of amides is 1. The first-order chi connectivity index (χ1) is 15.2. The highest BCUT2D eigenvalue weighted by atomic mass is 32.1. The summed E-state index contributed by atoms with van der Waals surface area (Å²) in [7, 11) is 2.64. The molecular formula is C19H16F2N4O6S. The number of likely N-dealkylation sites (N-methyl/N-ethyl adjacent to an activating group) is 1. The molecule has 1 amide bonds. The minimum absolute atomic E-state index is 0.0171. The molecular weight excluding hydrogens is 450 g/mol. The van der Waals surface area contributed by atoms with E-state index in [0.717, 1.165) is 24.3 Å². The van der Waals surface area contributed by atoms with Gasteiger partial charge in [0.05, 0.1) is 35.7 Å². The fraction of sp³-hybridized carbons (Fsp3) is 0.211. The molecule has 3 aromatic rings. The second-order valence-corrected chi connectivity index (χ2v) is 7.29. The van der Waals surface area contributed by atoms with Gasteiger partial charge >= 0.3 is 6.61 Å². The second kappa shape index (κ2) is 9.51. The van der Waals surface area contributed by atoms with Gasteiger partial charge in [0.15, 0.2) is 11.5 Å². The molecule has 13 heteroatoms. The smallest absolute Gasteiger partial charge is 0.387 e. The summed E-state index contributed by atoms with van der Waals surface area (Å²) in [5.74, 6) is -0.943. The first kappa shape index (κ1) is 22.8. The summed E-state index contributed by atoms with van der Waals surface area (Å²) in [6.45, 7) is -3.22. The van der Waals surface area contributed by atoms with E-state index >= 15 is 0 Å². The summed E-state index contributed by atoms with van der Waals surface area (Å²) in [4.78, 5) is 43.2. The summed E-state index contributed by atoms with van der Waals surface area (Å²) in [6.07, 6.45) is 2.22.